The summed E-state index contributed by atoms with van der Waals surface area (Å²) in [6, 6.07) is 0. The number of nitrogens with one attached hydrogen (secondary N) is 1. The first-order chi connectivity index (χ1) is 7.52. The normalized spacial score (nSPS) is 32.4. The summed E-state index contributed by atoms with van der Waals surface area (Å²) in [6.45, 7) is 3.12. The third kappa shape index (κ3) is 1.73. The molecule has 1 saturated heterocycles. The number of carbonyl (C=O) groups excluding carboxylic acids is 1. The molecule has 6 nitrogen and oxygen atoms in total. The highest BCUT2D eigenvalue weighted by Gasteiger charge is 2.55. The Kier molecular flexibility index (Phi) is 2.53. The quantitative estimate of drug-likeness (QED) is 0.269. The molecule has 0 bridgehead atoms. The summed E-state index contributed by atoms with van der Waals surface area (Å²) < 4.78 is 5.26. The molecule has 1 aliphatic heterocycles. The number of hydrogen-bond donors (Lipinski definition) is 3. The topological polar surface area (TPSA) is 96.9 Å². The third-order valence-electron chi connectivity index (χ3n) is 3.42. The van der Waals surface area contributed by atoms with E-state index in [2.05, 4.69) is 10.5 Å². The number of oxime groups is 1. The van der Waals surface area contributed by atoms with Gasteiger partial charge in [0.2, 0.25) is 5.91 Å². The molecule has 1 unspecified atom stereocenters. The van der Waals surface area contributed by atoms with E-state index in [0.29, 0.717) is 26.1 Å². The molecule has 2 rings (SSSR count). The molecule has 0 radical (unpaired) electrons. The van der Waals surface area contributed by atoms with Gasteiger partial charge in [-0.2, -0.15) is 0 Å². The summed E-state index contributed by atoms with van der Waals surface area (Å²) in [6.07, 6.45) is 2.09. The van der Waals surface area contributed by atoms with Crippen molar-refractivity contribution in [3.63, 3.8) is 0 Å². The molecular formula is C10H17N3O3. The molecule has 0 spiro atoms. The van der Waals surface area contributed by atoms with Crippen LogP contribution >= 0.6 is 0 Å². The lowest BCUT2D eigenvalue weighted by molar-refractivity contribution is -0.126. The number of rotatable bonds is 3. The second-order valence-corrected chi connectivity index (χ2v) is 4.88. The highest BCUT2D eigenvalue weighted by Crippen LogP contribution is 2.46. The van der Waals surface area contributed by atoms with Crippen molar-refractivity contribution >= 4 is 11.7 Å². The van der Waals surface area contributed by atoms with Crippen LogP contribution in [0.4, 0.5) is 0 Å². The van der Waals surface area contributed by atoms with Crippen molar-refractivity contribution in [3.8, 4) is 0 Å². The molecule has 1 aliphatic carbocycles. The van der Waals surface area contributed by atoms with Crippen LogP contribution in [-0.2, 0) is 9.53 Å². The summed E-state index contributed by atoms with van der Waals surface area (Å²) in [5, 5.41) is 14.5. The van der Waals surface area contributed by atoms with Gasteiger partial charge >= 0.3 is 0 Å². The van der Waals surface area contributed by atoms with Gasteiger partial charge in [-0.15, -0.1) is 0 Å². The smallest absolute Gasteiger partial charge is 0.234 e. The van der Waals surface area contributed by atoms with Crippen LogP contribution in [0.25, 0.3) is 0 Å². The van der Waals surface area contributed by atoms with Crippen molar-refractivity contribution < 1.29 is 14.7 Å². The predicted molar refractivity (Wildman–Crippen MR) is 57.1 cm³/mol. The van der Waals surface area contributed by atoms with Gasteiger partial charge in [0.25, 0.3) is 0 Å². The van der Waals surface area contributed by atoms with Gasteiger partial charge < -0.3 is 21.0 Å². The number of ether oxygens (including phenoxy) is 1. The molecule has 2 fully saturated rings. The van der Waals surface area contributed by atoms with E-state index in [1.165, 1.54) is 0 Å². The van der Waals surface area contributed by atoms with Gasteiger partial charge in [-0.3, -0.25) is 4.79 Å². The first-order valence-electron chi connectivity index (χ1n) is 5.41. The maximum atomic E-state index is 12.1. The van der Waals surface area contributed by atoms with Crippen LogP contribution in [0.1, 0.15) is 26.2 Å². The average Bonchev–Trinajstić information content (AvgIpc) is 2.97. The Hall–Kier alpha value is -1.30. The lowest BCUT2D eigenvalue weighted by atomic mass is 9.98. The summed E-state index contributed by atoms with van der Waals surface area (Å²) in [7, 11) is 0. The Morgan fingerprint density at radius 3 is 2.62 bits per heavy atom. The fourth-order valence-corrected chi connectivity index (χ4v) is 1.98. The molecule has 0 aromatic carbocycles. The van der Waals surface area contributed by atoms with Gasteiger partial charge in [-0.1, -0.05) is 5.16 Å². The van der Waals surface area contributed by atoms with Crippen molar-refractivity contribution in [2.24, 2.45) is 16.3 Å². The number of amidine groups is 1. The number of nitrogens with two attached hydrogens (primary N) is 1. The largest absolute Gasteiger partial charge is 0.409 e. The molecule has 16 heavy (non-hydrogen) atoms. The molecule has 0 aromatic heterocycles. The molecule has 90 valence electrons. The van der Waals surface area contributed by atoms with Crippen LogP contribution < -0.4 is 11.1 Å². The van der Waals surface area contributed by atoms with Crippen LogP contribution in [0.5, 0.6) is 0 Å². The second-order valence-electron chi connectivity index (χ2n) is 4.88. The standard InChI is InChI=1S/C10H17N3O3/c1-9(4-5-16-6-9)12-8(14)10(2-3-10)7(11)13-15/h15H,2-6H2,1H3,(H2,11,13)(H,12,14). The summed E-state index contributed by atoms with van der Waals surface area (Å²) in [5.41, 5.74) is 4.44. The van der Waals surface area contributed by atoms with E-state index in [1.807, 2.05) is 6.92 Å². The molecular weight excluding hydrogens is 210 g/mol. The van der Waals surface area contributed by atoms with E-state index in [0.717, 1.165) is 6.42 Å². The zero-order chi connectivity index (χ0) is 11.8. The monoisotopic (exact) mass is 227 g/mol. The van der Waals surface area contributed by atoms with E-state index in [4.69, 9.17) is 15.7 Å². The zero-order valence-corrected chi connectivity index (χ0v) is 9.32. The van der Waals surface area contributed by atoms with Crippen molar-refractivity contribution in [2.45, 2.75) is 31.7 Å². The van der Waals surface area contributed by atoms with Crippen LogP contribution in [0.15, 0.2) is 5.16 Å². The number of nitrogens with zero attached hydrogens (tertiary/aromatic N) is 1. The van der Waals surface area contributed by atoms with Crippen molar-refractivity contribution in [1.29, 1.82) is 0 Å². The molecule has 1 saturated carbocycles. The summed E-state index contributed by atoms with van der Waals surface area (Å²) >= 11 is 0. The Morgan fingerprint density at radius 2 is 2.19 bits per heavy atom. The molecule has 2 aliphatic rings. The first kappa shape index (κ1) is 11.2. The van der Waals surface area contributed by atoms with E-state index in [-0.39, 0.29) is 17.3 Å². The van der Waals surface area contributed by atoms with Crippen molar-refractivity contribution in [3.05, 3.63) is 0 Å². The van der Waals surface area contributed by atoms with Crippen LogP contribution in [0, 0.1) is 5.41 Å². The highest BCUT2D eigenvalue weighted by molar-refractivity contribution is 6.09. The maximum Gasteiger partial charge on any atom is 0.234 e. The van der Waals surface area contributed by atoms with E-state index in [9.17, 15) is 4.79 Å². The average molecular weight is 227 g/mol. The molecule has 4 N–H and O–H groups in total. The predicted octanol–water partition coefficient (Wildman–Crippen LogP) is -0.192. The van der Waals surface area contributed by atoms with Gasteiger partial charge in [0.05, 0.1) is 12.1 Å². The highest BCUT2D eigenvalue weighted by atomic mass is 16.5. The van der Waals surface area contributed by atoms with E-state index < -0.39 is 5.41 Å². The van der Waals surface area contributed by atoms with Gasteiger partial charge in [0, 0.05) is 6.61 Å². The summed E-state index contributed by atoms with van der Waals surface area (Å²) in [5.74, 6) is -0.150. The molecule has 1 heterocycles. The van der Waals surface area contributed by atoms with E-state index >= 15 is 0 Å². The fraction of sp³-hybridized carbons (Fsp3) is 0.800. The first-order valence-corrected chi connectivity index (χ1v) is 5.41. The van der Waals surface area contributed by atoms with Gasteiger partial charge in [-0.05, 0) is 26.2 Å². The lowest BCUT2D eigenvalue weighted by Crippen LogP contribution is -2.52. The maximum absolute atomic E-state index is 12.1. The third-order valence-corrected chi connectivity index (χ3v) is 3.42. The van der Waals surface area contributed by atoms with Gasteiger partial charge in [-0.25, -0.2) is 0 Å². The van der Waals surface area contributed by atoms with Crippen LogP contribution in [0.3, 0.4) is 0 Å². The minimum Gasteiger partial charge on any atom is -0.409 e. The van der Waals surface area contributed by atoms with Gasteiger partial charge in [0.15, 0.2) is 5.84 Å². The van der Waals surface area contributed by atoms with Crippen LogP contribution in [-0.4, -0.2) is 35.7 Å². The molecule has 6 heteroatoms. The summed E-state index contributed by atoms with van der Waals surface area (Å²) in [4.78, 5) is 12.1. The number of amides is 1. The number of carbonyl (C=O) groups is 1. The van der Waals surface area contributed by atoms with Gasteiger partial charge in [0.1, 0.15) is 5.41 Å². The van der Waals surface area contributed by atoms with Crippen molar-refractivity contribution in [2.75, 3.05) is 13.2 Å². The number of hydrogen-bond acceptors (Lipinski definition) is 4. The fourth-order valence-electron chi connectivity index (χ4n) is 1.98. The zero-order valence-electron chi connectivity index (χ0n) is 9.32. The Labute approximate surface area is 93.8 Å². The molecule has 1 atom stereocenters. The minimum atomic E-state index is -0.777. The second kappa shape index (κ2) is 3.62. The van der Waals surface area contributed by atoms with Crippen molar-refractivity contribution in [1.82, 2.24) is 5.32 Å². The Bertz CT molecular complexity index is 330. The Morgan fingerprint density at radius 1 is 1.50 bits per heavy atom. The SMILES string of the molecule is CC1(NC(=O)C2(C(N)=NO)CC2)CCOC1. The molecule has 1 amide bonds. The van der Waals surface area contributed by atoms with E-state index in [1.54, 1.807) is 0 Å². The minimum absolute atomic E-state index is 0.00696. The lowest BCUT2D eigenvalue weighted by Gasteiger charge is -2.26. The molecule has 0 aromatic rings. The van der Waals surface area contributed by atoms with Crippen LogP contribution in [0.2, 0.25) is 0 Å². The Balaban J connectivity index is 2.03.